The Morgan fingerprint density at radius 1 is 0.935 bits per heavy atom. The molecule has 0 saturated heterocycles. The quantitative estimate of drug-likeness (QED) is 0.526. The molecule has 0 spiro atoms. The lowest BCUT2D eigenvalue weighted by molar-refractivity contribution is -0.118. The highest BCUT2D eigenvalue weighted by molar-refractivity contribution is 6.02. The molecule has 162 valence electrons. The first-order chi connectivity index (χ1) is 14.8. The van der Waals surface area contributed by atoms with Crippen molar-refractivity contribution in [2.75, 3.05) is 12.4 Å². The summed E-state index contributed by atoms with van der Waals surface area (Å²) in [5, 5.41) is 12.3. The number of hydrogen-bond donors (Lipinski definition) is 2. The summed E-state index contributed by atoms with van der Waals surface area (Å²) in [5.74, 6) is -0.182. The van der Waals surface area contributed by atoms with Crippen molar-refractivity contribution in [2.24, 2.45) is 0 Å². The molecule has 0 atom stereocenters. The van der Waals surface area contributed by atoms with Crippen molar-refractivity contribution in [3.05, 3.63) is 82.9 Å². The first-order valence-electron chi connectivity index (χ1n) is 10.2. The van der Waals surface area contributed by atoms with Gasteiger partial charge in [-0.25, -0.2) is 4.79 Å². The Kier molecular flexibility index (Phi) is 5.27. The zero-order valence-electron chi connectivity index (χ0n) is 17.9. The Morgan fingerprint density at radius 2 is 1.65 bits per heavy atom. The molecule has 0 aromatic heterocycles. The van der Waals surface area contributed by atoms with Gasteiger partial charge >= 0.3 is 5.97 Å². The van der Waals surface area contributed by atoms with E-state index < -0.39 is 11.4 Å². The Labute approximate surface area is 184 Å². The highest BCUT2D eigenvalue weighted by atomic mass is 16.5. The van der Waals surface area contributed by atoms with Gasteiger partial charge in [-0.15, -0.1) is 0 Å². The topological polar surface area (TPSA) is 75.6 Å². The van der Waals surface area contributed by atoms with Crippen LogP contribution >= 0.6 is 0 Å². The van der Waals surface area contributed by atoms with Gasteiger partial charge in [-0.1, -0.05) is 24.3 Å². The molecule has 0 unspecified atom stereocenters. The SMILES string of the molecule is COc1ccc(C2(C(=O)Nc3ccc(C)c(-c4ccc(C(=O)O)cc4C)c3)CC2)cc1.[HH].[HH]. The molecule has 0 aliphatic heterocycles. The molecule has 2 N–H and O–H groups in total. The summed E-state index contributed by atoms with van der Waals surface area (Å²) in [6.45, 7) is 3.90. The lowest BCUT2D eigenvalue weighted by Crippen LogP contribution is -2.27. The number of nitrogens with one attached hydrogen (secondary N) is 1. The molecule has 3 aromatic carbocycles. The Hall–Kier alpha value is -3.60. The van der Waals surface area contributed by atoms with Crippen LogP contribution in [0.2, 0.25) is 0 Å². The predicted octanol–water partition coefficient (Wildman–Crippen LogP) is 5.84. The third-order valence-corrected chi connectivity index (χ3v) is 6.09. The van der Waals surface area contributed by atoms with Crippen LogP contribution in [0.25, 0.3) is 11.1 Å². The van der Waals surface area contributed by atoms with Crippen LogP contribution in [0.1, 0.15) is 42.7 Å². The molecule has 5 heteroatoms. The monoisotopic (exact) mass is 419 g/mol. The van der Waals surface area contributed by atoms with Gasteiger partial charge in [0.05, 0.1) is 18.1 Å². The maximum atomic E-state index is 13.2. The lowest BCUT2D eigenvalue weighted by Gasteiger charge is -2.18. The van der Waals surface area contributed by atoms with Crippen molar-refractivity contribution in [3.63, 3.8) is 0 Å². The van der Waals surface area contributed by atoms with Crippen molar-refractivity contribution in [3.8, 4) is 16.9 Å². The summed E-state index contributed by atoms with van der Waals surface area (Å²) >= 11 is 0. The number of carboxylic acid groups (broad SMARTS) is 1. The molecular weight excluding hydrogens is 390 g/mol. The number of aryl methyl sites for hydroxylation is 2. The van der Waals surface area contributed by atoms with E-state index in [0.29, 0.717) is 0 Å². The smallest absolute Gasteiger partial charge is 0.335 e. The van der Waals surface area contributed by atoms with Gasteiger partial charge in [-0.2, -0.15) is 0 Å². The summed E-state index contributed by atoms with van der Waals surface area (Å²) in [6, 6.07) is 18.6. The number of carbonyl (C=O) groups is 2. The molecule has 1 fully saturated rings. The predicted molar refractivity (Wildman–Crippen MR) is 125 cm³/mol. The number of carbonyl (C=O) groups excluding carboxylic acids is 1. The van der Waals surface area contributed by atoms with Crippen LogP contribution in [-0.4, -0.2) is 24.1 Å². The fourth-order valence-electron chi connectivity index (χ4n) is 4.02. The van der Waals surface area contributed by atoms with E-state index in [0.717, 1.165) is 52.1 Å². The minimum Gasteiger partial charge on any atom is -0.497 e. The first-order valence-corrected chi connectivity index (χ1v) is 10.2. The third-order valence-electron chi connectivity index (χ3n) is 6.09. The first kappa shape index (κ1) is 20.7. The maximum absolute atomic E-state index is 13.2. The van der Waals surface area contributed by atoms with Crippen LogP contribution in [0.3, 0.4) is 0 Å². The largest absolute Gasteiger partial charge is 0.497 e. The van der Waals surface area contributed by atoms with E-state index in [9.17, 15) is 14.7 Å². The molecular formula is C26H29NO4. The summed E-state index contributed by atoms with van der Waals surface area (Å²) in [5.41, 5.74) is 5.36. The van der Waals surface area contributed by atoms with Gasteiger partial charge in [0.25, 0.3) is 0 Å². The minimum absolute atomic E-state index is 0. The van der Waals surface area contributed by atoms with Crippen LogP contribution in [0, 0.1) is 13.8 Å². The highest BCUT2D eigenvalue weighted by Crippen LogP contribution is 2.49. The fourth-order valence-corrected chi connectivity index (χ4v) is 4.02. The molecule has 4 rings (SSSR count). The Bertz CT molecular complexity index is 1170. The number of anilines is 1. The van der Waals surface area contributed by atoms with Crippen LogP contribution in [0.5, 0.6) is 5.75 Å². The highest BCUT2D eigenvalue weighted by Gasteiger charge is 2.51. The van der Waals surface area contributed by atoms with E-state index in [-0.39, 0.29) is 14.3 Å². The molecule has 0 radical (unpaired) electrons. The van der Waals surface area contributed by atoms with E-state index in [1.165, 1.54) is 0 Å². The van der Waals surface area contributed by atoms with E-state index in [1.54, 1.807) is 19.2 Å². The second-order valence-electron chi connectivity index (χ2n) is 8.13. The normalized spacial score (nSPS) is 14.0. The van der Waals surface area contributed by atoms with Crippen molar-refractivity contribution in [1.82, 2.24) is 0 Å². The van der Waals surface area contributed by atoms with E-state index in [2.05, 4.69) is 5.32 Å². The summed E-state index contributed by atoms with van der Waals surface area (Å²) in [4.78, 5) is 24.4. The number of hydrogen-bond acceptors (Lipinski definition) is 3. The van der Waals surface area contributed by atoms with Crippen molar-refractivity contribution in [1.29, 1.82) is 0 Å². The van der Waals surface area contributed by atoms with Gasteiger partial charge in [-0.3, -0.25) is 4.79 Å². The molecule has 3 aromatic rings. The summed E-state index contributed by atoms with van der Waals surface area (Å²) < 4.78 is 5.22. The third kappa shape index (κ3) is 3.91. The molecule has 1 saturated carbocycles. The van der Waals surface area contributed by atoms with E-state index in [1.807, 2.05) is 62.4 Å². The van der Waals surface area contributed by atoms with Gasteiger partial charge in [0.15, 0.2) is 0 Å². The number of methoxy groups -OCH3 is 1. The van der Waals surface area contributed by atoms with Crippen molar-refractivity contribution in [2.45, 2.75) is 32.1 Å². The number of amides is 1. The van der Waals surface area contributed by atoms with Crippen molar-refractivity contribution < 1.29 is 22.3 Å². The zero-order valence-corrected chi connectivity index (χ0v) is 17.9. The molecule has 31 heavy (non-hydrogen) atoms. The van der Waals surface area contributed by atoms with Crippen LogP contribution in [0.15, 0.2) is 60.7 Å². The Balaban J connectivity index is 0.00000193. The second-order valence-corrected chi connectivity index (χ2v) is 8.13. The van der Waals surface area contributed by atoms with Crippen molar-refractivity contribution >= 4 is 17.6 Å². The van der Waals surface area contributed by atoms with E-state index in [4.69, 9.17) is 4.74 Å². The molecule has 0 bridgehead atoms. The van der Waals surface area contributed by atoms with Crippen LogP contribution in [-0.2, 0) is 10.2 Å². The summed E-state index contributed by atoms with van der Waals surface area (Å²) in [7, 11) is 1.63. The number of rotatable bonds is 6. The molecule has 1 amide bonds. The van der Waals surface area contributed by atoms with Gasteiger partial charge in [0.1, 0.15) is 5.75 Å². The zero-order chi connectivity index (χ0) is 22.2. The molecule has 0 heterocycles. The maximum Gasteiger partial charge on any atom is 0.335 e. The van der Waals surface area contributed by atoms with Crippen LogP contribution in [0.4, 0.5) is 5.69 Å². The average molecular weight is 420 g/mol. The van der Waals surface area contributed by atoms with Crippen LogP contribution < -0.4 is 10.1 Å². The summed E-state index contributed by atoms with van der Waals surface area (Å²) in [6.07, 6.45) is 1.64. The second kappa shape index (κ2) is 7.91. The number of ether oxygens (including phenoxy) is 1. The molecule has 1 aliphatic rings. The number of carboxylic acids is 1. The fraction of sp³-hybridized carbons (Fsp3) is 0.231. The Morgan fingerprint density at radius 3 is 2.23 bits per heavy atom. The van der Waals surface area contributed by atoms with E-state index >= 15 is 0 Å². The van der Waals surface area contributed by atoms with Gasteiger partial charge in [0.2, 0.25) is 5.91 Å². The number of benzene rings is 3. The standard InChI is InChI=1S/C26H25NO4.2H2/c1-16-4-8-20(15-23(16)22-11-5-18(24(28)29)14-17(22)2)27-25(30)26(12-13-26)19-6-9-21(31-3)10-7-19;;/h4-11,14-15H,12-13H2,1-3H3,(H,27,30)(H,28,29);2*1H. The lowest BCUT2D eigenvalue weighted by atomic mass is 9.93. The minimum atomic E-state index is -0.944. The number of aromatic carboxylic acids is 1. The van der Waals surface area contributed by atoms with Gasteiger partial charge < -0.3 is 15.2 Å². The average Bonchev–Trinajstić information content (AvgIpc) is 3.57. The van der Waals surface area contributed by atoms with Gasteiger partial charge in [0, 0.05) is 8.54 Å². The molecule has 1 aliphatic carbocycles. The van der Waals surface area contributed by atoms with Gasteiger partial charge in [-0.05, 0) is 90.9 Å². The molecule has 5 nitrogen and oxygen atoms in total.